The molecular weight excluding hydrogens is 304 g/mol. The summed E-state index contributed by atoms with van der Waals surface area (Å²) in [7, 11) is 1.61. The third kappa shape index (κ3) is 3.04. The summed E-state index contributed by atoms with van der Waals surface area (Å²) in [5, 5.41) is 5.74. The second-order valence-corrected chi connectivity index (χ2v) is 5.37. The van der Waals surface area contributed by atoms with Gasteiger partial charge in [-0.15, -0.1) is 11.3 Å². The fourth-order valence-corrected chi connectivity index (χ4v) is 2.69. The number of aromatic nitrogens is 2. The highest BCUT2D eigenvalue weighted by Crippen LogP contribution is 2.22. The van der Waals surface area contributed by atoms with Crippen LogP contribution in [0.25, 0.3) is 10.7 Å². The summed E-state index contributed by atoms with van der Waals surface area (Å²) in [6.07, 6.45) is 0. The van der Waals surface area contributed by atoms with Gasteiger partial charge in [-0.25, -0.2) is 4.79 Å². The summed E-state index contributed by atoms with van der Waals surface area (Å²) in [5.41, 5.74) is 0. The maximum Gasteiger partial charge on any atom is 0.442 e. The van der Waals surface area contributed by atoms with Crippen LogP contribution in [0.4, 0.5) is 0 Å². The van der Waals surface area contributed by atoms with Gasteiger partial charge >= 0.3 is 5.76 Å². The summed E-state index contributed by atoms with van der Waals surface area (Å²) >= 11 is 1.50. The molecule has 0 atom stereocenters. The van der Waals surface area contributed by atoms with Crippen LogP contribution < -0.4 is 15.2 Å². The Balaban J connectivity index is 1.66. The average molecular weight is 318 g/mol. The fourth-order valence-electron chi connectivity index (χ4n) is 1.98. The zero-order valence-electron chi connectivity index (χ0n) is 11.9. The Bertz CT molecular complexity index is 775. The monoisotopic (exact) mass is 318 g/mol. The van der Waals surface area contributed by atoms with Crippen molar-refractivity contribution >= 4 is 11.3 Å². The van der Waals surface area contributed by atoms with Crippen molar-refractivity contribution < 1.29 is 14.0 Å². The highest BCUT2D eigenvalue weighted by molar-refractivity contribution is 7.13. The lowest BCUT2D eigenvalue weighted by atomic mass is 10.3. The molecule has 0 radical (unpaired) electrons. The van der Waals surface area contributed by atoms with E-state index in [1.807, 2.05) is 41.8 Å². The maximum atomic E-state index is 11.7. The molecule has 0 amide bonds. The summed E-state index contributed by atoms with van der Waals surface area (Å²) < 4.78 is 16.9. The molecule has 114 valence electrons. The van der Waals surface area contributed by atoms with Crippen LogP contribution in [0.2, 0.25) is 0 Å². The molecule has 0 saturated carbocycles. The maximum absolute atomic E-state index is 11.7. The van der Waals surface area contributed by atoms with Gasteiger partial charge in [0.25, 0.3) is 0 Å². The molecule has 0 saturated heterocycles. The van der Waals surface area contributed by atoms with Gasteiger partial charge in [0.15, 0.2) is 5.82 Å². The first-order valence-electron chi connectivity index (χ1n) is 6.65. The van der Waals surface area contributed by atoms with Crippen LogP contribution in [-0.2, 0) is 6.54 Å². The molecule has 2 aromatic heterocycles. The molecule has 1 aromatic carbocycles. The van der Waals surface area contributed by atoms with E-state index in [1.165, 1.54) is 15.9 Å². The van der Waals surface area contributed by atoms with E-state index in [9.17, 15) is 4.79 Å². The Labute approximate surface area is 130 Å². The Morgan fingerprint density at radius 2 is 2.00 bits per heavy atom. The molecular formula is C15H14N2O4S. The van der Waals surface area contributed by atoms with Gasteiger partial charge in [0.2, 0.25) is 0 Å². The van der Waals surface area contributed by atoms with Gasteiger partial charge in [-0.05, 0) is 35.7 Å². The molecule has 0 aliphatic heterocycles. The zero-order valence-corrected chi connectivity index (χ0v) is 12.7. The molecule has 0 unspecified atom stereocenters. The minimum atomic E-state index is -0.485. The minimum Gasteiger partial charge on any atom is -0.497 e. The van der Waals surface area contributed by atoms with Crippen LogP contribution in [0.5, 0.6) is 11.5 Å². The Morgan fingerprint density at radius 3 is 2.68 bits per heavy atom. The van der Waals surface area contributed by atoms with Gasteiger partial charge in [0, 0.05) is 0 Å². The second kappa shape index (κ2) is 6.48. The molecule has 0 spiro atoms. The predicted octanol–water partition coefficient (Wildman–Crippen LogP) is 2.65. The topological polar surface area (TPSA) is 66.5 Å². The first-order valence-corrected chi connectivity index (χ1v) is 7.53. The van der Waals surface area contributed by atoms with Crippen molar-refractivity contribution in [2.24, 2.45) is 0 Å². The summed E-state index contributed by atoms with van der Waals surface area (Å²) in [6.45, 7) is 0.702. The Hall–Kier alpha value is -2.54. The molecule has 2 heterocycles. The number of benzene rings is 1. The van der Waals surface area contributed by atoms with Crippen molar-refractivity contribution in [2.75, 3.05) is 13.7 Å². The van der Waals surface area contributed by atoms with Gasteiger partial charge in [0.1, 0.15) is 18.1 Å². The molecule has 0 bridgehead atoms. The molecule has 0 fully saturated rings. The van der Waals surface area contributed by atoms with Crippen molar-refractivity contribution in [1.29, 1.82) is 0 Å². The third-order valence-corrected chi connectivity index (χ3v) is 3.94. The van der Waals surface area contributed by atoms with Crippen LogP contribution in [0.15, 0.2) is 51.1 Å². The summed E-state index contributed by atoms with van der Waals surface area (Å²) in [6, 6.07) is 11.1. The van der Waals surface area contributed by atoms with Crippen molar-refractivity contribution in [3.8, 4) is 22.2 Å². The highest BCUT2D eigenvalue weighted by atomic mass is 32.1. The molecule has 6 nitrogen and oxygen atoms in total. The quantitative estimate of drug-likeness (QED) is 0.699. The van der Waals surface area contributed by atoms with Crippen LogP contribution in [0, 0.1) is 0 Å². The third-order valence-electron chi connectivity index (χ3n) is 3.07. The van der Waals surface area contributed by atoms with E-state index in [4.69, 9.17) is 14.0 Å². The Morgan fingerprint density at radius 1 is 1.23 bits per heavy atom. The second-order valence-electron chi connectivity index (χ2n) is 4.43. The molecule has 0 N–H and O–H groups in total. The van der Waals surface area contributed by atoms with Gasteiger partial charge in [-0.3, -0.25) is 9.09 Å². The molecule has 22 heavy (non-hydrogen) atoms. The van der Waals surface area contributed by atoms with Gasteiger partial charge in [-0.2, -0.15) is 0 Å². The van der Waals surface area contributed by atoms with E-state index in [1.54, 1.807) is 7.11 Å². The normalized spacial score (nSPS) is 10.6. The standard InChI is InChI=1S/C15H14N2O4S/c1-19-11-4-6-12(7-5-11)20-9-8-17-14(16-21-15(17)18)13-3-2-10-22-13/h2-7,10H,8-9H2,1H3. The minimum absolute atomic E-state index is 0.339. The fraction of sp³-hybridized carbons (Fsp3) is 0.200. The number of nitrogens with zero attached hydrogens (tertiary/aromatic N) is 2. The van der Waals surface area contributed by atoms with Gasteiger partial charge in [-0.1, -0.05) is 11.2 Å². The van der Waals surface area contributed by atoms with Crippen LogP contribution in [0.3, 0.4) is 0 Å². The first-order chi connectivity index (χ1) is 10.8. The summed E-state index contributed by atoms with van der Waals surface area (Å²) in [4.78, 5) is 12.6. The van der Waals surface area contributed by atoms with Crippen LogP contribution >= 0.6 is 11.3 Å². The van der Waals surface area contributed by atoms with Crippen LogP contribution in [-0.4, -0.2) is 23.4 Å². The zero-order chi connectivity index (χ0) is 15.4. The number of hydrogen-bond acceptors (Lipinski definition) is 6. The molecule has 0 aliphatic rings. The van der Waals surface area contributed by atoms with Gasteiger partial charge < -0.3 is 9.47 Å². The van der Waals surface area contributed by atoms with Crippen LogP contribution in [0.1, 0.15) is 0 Å². The number of ether oxygens (including phenoxy) is 2. The smallest absolute Gasteiger partial charge is 0.442 e. The Kier molecular flexibility index (Phi) is 4.24. The SMILES string of the molecule is COc1ccc(OCCn2c(-c3cccs3)noc2=O)cc1. The van der Waals surface area contributed by atoms with Gasteiger partial charge in [0.05, 0.1) is 18.5 Å². The first kappa shape index (κ1) is 14.4. The largest absolute Gasteiger partial charge is 0.497 e. The van der Waals surface area contributed by atoms with E-state index in [0.717, 1.165) is 10.6 Å². The highest BCUT2D eigenvalue weighted by Gasteiger charge is 2.13. The van der Waals surface area contributed by atoms with E-state index < -0.39 is 5.76 Å². The number of rotatable bonds is 6. The number of thiophene rings is 1. The summed E-state index contributed by atoms with van der Waals surface area (Å²) in [5.74, 6) is 1.52. The van der Waals surface area contributed by atoms with E-state index in [2.05, 4.69) is 5.16 Å². The molecule has 3 rings (SSSR count). The predicted molar refractivity (Wildman–Crippen MR) is 82.6 cm³/mol. The van der Waals surface area contributed by atoms with Crippen molar-refractivity contribution in [1.82, 2.24) is 9.72 Å². The van der Waals surface area contributed by atoms with E-state index >= 15 is 0 Å². The van der Waals surface area contributed by atoms with E-state index in [0.29, 0.717) is 24.7 Å². The van der Waals surface area contributed by atoms with Crippen molar-refractivity contribution in [3.63, 3.8) is 0 Å². The average Bonchev–Trinajstić information content (AvgIpc) is 3.18. The van der Waals surface area contributed by atoms with E-state index in [-0.39, 0.29) is 0 Å². The lowest BCUT2D eigenvalue weighted by Gasteiger charge is -2.07. The number of hydrogen-bond donors (Lipinski definition) is 0. The lowest BCUT2D eigenvalue weighted by Crippen LogP contribution is -2.19. The van der Waals surface area contributed by atoms with Crippen molar-refractivity contribution in [3.05, 3.63) is 52.3 Å². The number of methoxy groups -OCH3 is 1. The molecule has 0 aliphatic carbocycles. The molecule has 3 aromatic rings. The van der Waals surface area contributed by atoms with Crippen molar-refractivity contribution in [2.45, 2.75) is 6.54 Å². The molecule has 7 heteroatoms. The lowest BCUT2D eigenvalue weighted by molar-refractivity contribution is 0.290.